The lowest BCUT2D eigenvalue weighted by molar-refractivity contribution is -0.149. The van der Waals surface area contributed by atoms with E-state index in [1.807, 2.05) is 0 Å². The highest BCUT2D eigenvalue weighted by atomic mass is 16.2. The molecule has 18 heavy (non-hydrogen) atoms. The van der Waals surface area contributed by atoms with Crippen molar-refractivity contribution in [2.45, 2.75) is 33.2 Å². The minimum Gasteiger partial charge on any atom is -0.335 e. The van der Waals surface area contributed by atoms with Gasteiger partial charge < -0.3 is 15.1 Å². The van der Waals surface area contributed by atoms with Gasteiger partial charge in [0.05, 0.1) is 13.1 Å². The van der Waals surface area contributed by atoms with Crippen molar-refractivity contribution in [1.82, 2.24) is 15.1 Å². The Morgan fingerprint density at radius 3 is 2.44 bits per heavy atom. The molecule has 1 aliphatic heterocycles. The van der Waals surface area contributed by atoms with E-state index < -0.39 is 0 Å². The van der Waals surface area contributed by atoms with Crippen LogP contribution in [0.3, 0.4) is 0 Å². The number of amides is 2. The molecule has 0 radical (unpaired) electrons. The van der Waals surface area contributed by atoms with E-state index in [1.54, 1.807) is 11.9 Å². The van der Waals surface area contributed by atoms with Gasteiger partial charge in [-0.3, -0.25) is 9.59 Å². The van der Waals surface area contributed by atoms with Crippen molar-refractivity contribution in [1.29, 1.82) is 0 Å². The minimum absolute atomic E-state index is 0.0222. The first-order valence-electron chi connectivity index (χ1n) is 6.74. The Morgan fingerprint density at radius 2 is 1.89 bits per heavy atom. The van der Waals surface area contributed by atoms with Crippen molar-refractivity contribution in [3.8, 4) is 0 Å². The maximum Gasteiger partial charge on any atom is 0.242 e. The summed E-state index contributed by atoms with van der Waals surface area (Å²) in [5.74, 6) is 0.560. The number of piperazine rings is 1. The van der Waals surface area contributed by atoms with Crippen LogP contribution in [0.25, 0.3) is 0 Å². The van der Waals surface area contributed by atoms with Gasteiger partial charge in [0.25, 0.3) is 0 Å². The summed E-state index contributed by atoms with van der Waals surface area (Å²) in [6.07, 6.45) is 1.06. The minimum atomic E-state index is 0.0222. The van der Waals surface area contributed by atoms with Crippen LogP contribution in [-0.4, -0.2) is 60.9 Å². The lowest BCUT2D eigenvalue weighted by atomic mass is 9.98. The summed E-state index contributed by atoms with van der Waals surface area (Å²) in [6.45, 7) is 8.31. The Labute approximate surface area is 110 Å². The fraction of sp³-hybridized carbons (Fsp3) is 0.846. The lowest BCUT2D eigenvalue weighted by Crippen LogP contribution is -2.56. The second kappa shape index (κ2) is 6.73. The third-order valence-electron chi connectivity index (χ3n) is 3.69. The zero-order valence-electron chi connectivity index (χ0n) is 11.9. The molecule has 1 rings (SSSR count). The molecule has 104 valence electrons. The van der Waals surface area contributed by atoms with Gasteiger partial charge in [-0.1, -0.05) is 27.2 Å². The molecule has 2 atom stereocenters. The first kappa shape index (κ1) is 15.0. The maximum atomic E-state index is 11.9. The lowest BCUT2D eigenvalue weighted by Gasteiger charge is -2.35. The second-order valence-electron chi connectivity index (χ2n) is 5.07. The molecule has 0 aromatic carbocycles. The Bertz CT molecular complexity index is 307. The third-order valence-corrected chi connectivity index (χ3v) is 3.69. The van der Waals surface area contributed by atoms with Gasteiger partial charge in [-0.2, -0.15) is 0 Å². The predicted molar refractivity (Wildman–Crippen MR) is 71.1 cm³/mol. The van der Waals surface area contributed by atoms with Crippen molar-refractivity contribution in [3.05, 3.63) is 0 Å². The fourth-order valence-corrected chi connectivity index (χ4v) is 2.16. The molecule has 2 amide bonds. The standard InChI is InChI=1S/C13H25N3O2/c1-5-10(3)11(14-6-2)7-16-9-12(17)15(4)8-13(16)18/h10-11,14H,5-9H2,1-4H3. The summed E-state index contributed by atoms with van der Waals surface area (Å²) >= 11 is 0. The van der Waals surface area contributed by atoms with Gasteiger partial charge in [-0.15, -0.1) is 0 Å². The summed E-state index contributed by atoms with van der Waals surface area (Å²) in [4.78, 5) is 26.7. The molecule has 0 bridgehead atoms. The average Bonchev–Trinajstić information content (AvgIpc) is 2.34. The van der Waals surface area contributed by atoms with Crippen LogP contribution < -0.4 is 5.32 Å². The van der Waals surface area contributed by atoms with Crippen molar-refractivity contribution < 1.29 is 9.59 Å². The molecule has 0 saturated carbocycles. The van der Waals surface area contributed by atoms with Crippen molar-refractivity contribution in [3.63, 3.8) is 0 Å². The predicted octanol–water partition coefficient (Wildman–Crippen LogP) is 0.311. The number of carbonyl (C=O) groups is 2. The molecule has 0 aromatic heterocycles. The molecule has 2 unspecified atom stereocenters. The largest absolute Gasteiger partial charge is 0.335 e. The van der Waals surface area contributed by atoms with Crippen LogP contribution >= 0.6 is 0 Å². The summed E-state index contributed by atoms with van der Waals surface area (Å²) in [5.41, 5.74) is 0. The molecule has 0 aromatic rings. The molecule has 5 heteroatoms. The Kier molecular flexibility index (Phi) is 5.59. The van der Waals surface area contributed by atoms with Crippen LogP contribution in [0.4, 0.5) is 0 Å². The highest BCUT2D eigenvalue weighted by molar-refractivity contribution is 5.92. The fourth-order valence-electron chi connectivity index (χ4n) is 2.16. The van der Waals surface area contributed by atoms with Gasteiger partial charge in [-0.25, -0.2) is 0 Å². The number of nitrogens with one attached hydrogen (secondary N) is 1. The van der Waals surface area contributed by atoms with Crippen LogP contribution in [0.2, 0.25) is 0 Å². The number of nitrogens with zero attached hydrogens (tertiary/aromatic N) is 2. The number of hydrogen-bond donors (Lipinski definition) is 1. The van der Waals surface area contributed by atoms with Crippen molar-refractivity contribution in [2.24, 2.45) is 5.92 Å². The number of likely N-dealkylation sites (N-methyl/N-ethyl adjacent to an activating group) is 2. The Balaban J connectivity index is 2.62. The van der Waals surface area contributed by atoms with E-state index in [9.17, 15) is 9.59 Å². The molecule has 0 aliphatic carbocycles. The zero-order valence-corrected chi connectivity index (χ0v) is 11.9. The van der Waals surface area contributed by atoms with Crippen molar-refractivity contribution >= 4 is 11.8 Å². The number of rotatable bonds is 6. The normalized spacial score (nSPS) is 20.2. The molecule has 5 nitrogen and oxygen atoms in total. The van der Waals surface area contributed by atoms with Crippen LogP contribution in [0.1, 0.15) is 27.2 Å². The summed E-state index contributed by atoms with van der Waals surface area (Å²) in [7, 11) is 1.67. The van der Waals surface area contributed by atoms with Gasteiger partial charge in [0.1, 0.15) is 0 Å². The van der Waals surface area contributed by atoms with Crippen LogP contribution in [-0.2, 0) is 9.59 Å². The Hall–Kier alpha value is -1.10. The SMILES string of the molecule is CCNC(CN1CC(=O)N(C)CC1=O)C(C)CC. The van der Waals surface area contributed by atoms with E-state index in [-0.39, 0.29) is 30.9 Å². The molecule has 1 fully saturated rings. The Morgan fingerprint density at radius 1 is 1.22 bits per heavy atom. The molecule has 1 N–H and O–H groups in total. The quantitative estimate of drug-likeness (QED) is 0.743. The van der Waals surface area contributed by atoms with Gasteiger partial charge in [-0.05, 0) is 12.5 Å². The topological polar surface area (TPSA) is 52.7 Å². The smallest absolute Gasteiger partial charge is 0.242 e. The monoisotopic (exact) mass is 255 g/mol. The summed E-state index contributed by atoms with van der Waals surface area (Å²) < 4.78 is 0. The van der Waals surface area contributed by atoms with E-state index in [2.05, 4.69) is 26.1 Å². The van der Waals surface area contributed by atoms with Gasteiger partial charge in [0.15, 0.2) is 0 Å². The molecule has 1 saturated heterocycles. The van der Waals surface area contributed by atoms with Crippen LogP contribution in [0.15, 0.2) is 0 Å². The highest BCUT2D eigenvalue weighted by Crippen LogP contribution is 2.11. The van der Waals surface area contributed by atoms with E-state index in [1.165, 1.54) is 4.90 Å². The molecule has 1 aliphatic rings. The van der Waals surface area contributed by atoms with Gasteiger partial charge in [0.2, 0.25) is 11.8 Å². The van der Waals surface area contributed by atoms with Crippen LogP contribution in [0.5, 0.6) is 0 Å². The number of carbonyl (C=O) groups excluding carboxylic acids is 2. The molecular weight excluding hydrogens is 230 g/mol. The second-order valence-corrected chi connectivity index (χ2v) is 5.07. The summed E-state index contributed by atoms with van der Waals surface area (Å²) in [5, 5.41) is 3.41. The molecule has 1 heterocycles. The molecular formula is C13H25N3O2. The first-order chi connectivity index (χ1) is 8.49. The maximum absolute atomic E-state index is 11.9. The van der Waals surface area contributed by atoms with E-state index in [0.717, 1.165) is 13.0 Å². The van der Waals surface area contributed by atoms with E-state index in [0.29, 0.717) is 12.5 Å². The highest BCUT2D eigenvalue weighted by Gasteiger charge is 2.29. The van der Waals surface area contributed by atoms with E-state index in [4.69, 9.17) is 0 Å². The average molecular weight is 255 g/mol. The summed E-state index contributed by atoms with van der Waals surface area (Å²) in [6, 6.07) is 0.264. The first-order valence-corrected chi connectivity index (χ1v) is 6.74. The molecule has 0 spiro atoms. The third kappa shape index (κ3) is 3.70. The zero-order chi connectivity index (χ0) is 13.7. The number of hydrogen-bond acceptors (Lipinski definition) is 3. The van der Waals surface area contributed by atoms with Gasteiger partial charge in [0, 0.05) is 19.6 Å². The van der Waals surface area contributed by atoms with Gasteiger partial charge >= 0.3 is 0 Å². The van der Waals surface area contributed by atoms with E-state index >= 15 is 0 Å². The van der Waals surface area contributed by atoms with Crippen LogP contribution in [0, 0.1) is 5.92 Å². The van der Waals surface area contributed by atoms with Crippen molar-refractivity contribution in [2.75, 3.05) is 33.2 Å².